The van der Waals surface area contributed by atoms with Crippen molar-refractivity contribution < 1.29 is 45.4 Å². The Morgan fingerprint density at radius 1 is 1.00 bits per heavy atom. The molecule has 0 spiro atoms. The highest BCUT2D eigenvalue weighted by Gasteiger charge is 2.56. The van der Waals surface area contributed by atoms with E-state index in [4.69, 9.17) is 27.9 Å². The van der Waals surface area contributed by atoms with Gasteiger partial charge in [-0.3, -0.25) is 13.9 Å². The molecule has 3 aromatic carbocycles. The molecule has 1 aliphatic heterocycles. The van der Waals surface area contributed by atoms with E-state index in [2.05, 4.69) is 0 Å². The number of sulfonamides is 1. The van der Waals surface area contributed by atoms with Gasteiger partial charge in [0, 0.05) is 10.0 Å². The van der Waals surface area contributed by atoms with E-state index in [-0.39, 0.29) is 34.0 Å². The van der Waals surface area contributed by atoms with Gasteiger partial charge in [-0.25, -0.2) is 12.8 Å². The number of aliphatic carboxylic acids is 1. The first-order chi connectivity index (χ1) is 21.2. The second-order valence-corrected chi connectivity index (χ2v) is 13.7. The van der Waals surface area contributed by atoms with Crippen molar-refractivity contribution in [3.8, 4) is 0 Å². The van der Waals surface area contributed by atoms with Crippen molar-refractivity contribution in [3.63, 3.8) is 0 Å². The molecule has 3 aromatic rings. The van der Waals surface area contributed by atoms with Gasteiger partial charge in [-0.2, -0.15) is 13.2 Å². The molecule has 1 heterocycles. The normalized spacial score (nSPS) is 21.4. The van der Waals surface area contributed by atoms with Crippen LogP contribution in [0.5, 0.6) is 0 Å². The minimum absolute atomic E-state index is 0.128. The van der Waals surface area contributed by atoms with E-state index in [9.17, 15) is 23.1 Å². The molecule has 1 saturated carbocycles. The third-order valence-electron chi connectivity index (χ3n) is 7.60. The lowest BCUT2D eigenvalue weighted by Gasteiger charge is -2.49. The van der Waals surface area contributed by atoms with Crippen LogP contribution in [0.15, 0.2) is 72.8 Å². The molecule has 0 radical (unpaired) electrons. The van der Waals surface area contributed by atoms with Crippen LogP contribution in [-0.4, -0.2) is 60.4 Å². The Morgan fingerprint density at radius 3 is 2.24 bits per heavy atom. The molecule has 15 heteroatoms. The smallest absolute Gasteiger partial charge is 0.410 e. The molecule has 1 N–H and O–H groups in total. The first-order valence-corrected chi connectivity index (χ1v) is 16.0. The Labute approximate surface area is 266 Å². The maximum absolute atomic E-state index is 15.3. The van der Waals surface area contributed by atoms with Gasteiger partial charge in [0.2, 0.25) is 10.0 Å². The van der Waals surface area contributed by atoms with Crippen molar-refractivity contribution >= 4 is 50.8 Å². The van der Waals surface area contributed by atoms with Crippen molar-refractivity contribution in [2.75, 3.05) is 10.8 Å². The SMILES string of the molecule is O=C(O)CC1OC(c2cccc(Cl)c2)C(c2ccc(Cl)cc2)N(C(CN(c2ccccc2F)S(=O)(=O)C2CC2)C(F)(F)F)C1=O. The molecular weight excluding hydrogens is 663 g/mol. The van der Waals surface area contributed by atoms with E-state index in [0.29, 0.717) is 9.21 Å². The highest BCUT2D eigenvalue weighted by atomic mass is 35.5. The average molecular weight is 690 g/mol. The van der Waals surface area contributed by atoms with Gasteiger partial charge in [0.25, 0.3) is 5.91 Å². The molecule has 4 atom stereocenters. The number of rotatable bonds is 10. The van der Waals surface area contributed by atoms with E-state index >= 15 is 17.6 Å². The summed E-state index contributed by atoms with van der Waals surface area (Å²) < 4.78 is 94.3. The summed E-state index contributed by atoms with van der Waals surface area (Å²) in [5.74, 6) is -3.93. The van der Waals surface area contributed by atoms with Gasteiger partial charge < -0.3 is 14.7 Å². The number of nitrogens with zero attached hydrogens (tertiary/aromatic N) is 2. The van der Waals surface area contributed by atoms with Gasteiger partial charge in [-0.15, -0.1) is 0 Å². The predicted octanol–water partition coefficient (Wildman–Crippen LogP) is 6.55. The third-order valence-corrected chi connectivity index (χ3v) is 10.4. The van der Waals surface area contributed by atoms with E-state index in [1.54, 1.807) is 0 Å². The number of benzene rings is 3. The Bertz CT molecular complexity index is 1690. The summed E-state index contributed by atoms with van der Waals surface area (Å²) in [7, 11) is -4.51. The summed E-state index contributed by atoms with van der Waals surface area (Å²) in [4.78, 5) is 26.1. The number of hydrogen-bond donors (Lipinski definition) is 1. The second kappa shape index (κ2) is 12.8. The Kier molecular flexibility index (Phi) is 9.37. The molecule has 2 fully saturated rings. The van der Waals surface area contributed by atoms with E-state index < -0.39 is 82.1 Å². The summed E-state index contributed by atoms with van der Waals surface area (Å²) in [6.07, 6.45) is -9.20. The van der Waals surface area contributed by atoms with Gasteiger partial charge in [-0.1, -0.05) is 59.6 Å². The zero-order valence-corrected chi connectivity index (χ0v) is 25.5. The number of ether oxygens (including phenoxy) is 1. The number of carbonyl (C=O) groups excluding carboxylic acids is 1. The molecule has 1 aliphatic carbocycles. The topological polar surface area (TPSA) is 104 Å². The summed E-state index contributed by atoms with van der Waals surface area (Å²) in [5, 5.41) is 8.95. The highest BCUT2D eigenvalue weighted by molar-refractivity contribution is 7.93. The Balaban J connectivity index is 1.72. The predicted molar refractivity (Wildman–Crippen MR) is 158 cm³/mol. The molecule has 0 bridgehead atoms. The van der Waals surface area contributed by atoms with Crippen LogP contribution in [0.4, 0.5) is 23.2 Å². The lowest BCUT2D eigenvalue weighted by molar-refractivity contribution is -0.222. The lowest BCUT2D eigenvalue weighted by atomic mass is 9.89. The molecular formula is C30H26Cl2F4N2O6S. The monoisotopic (exact) mass is 688 g/mol. The van der Waals surface area contributed by atoms with Crippen LogP contribution in [0.1, 0.15) is 42.5 Å². The van der Waals surface area contributed by atoms with Crippen LogP contribution in [0.2, 0.25) is 10.0 Å². The molecule has 4 unspecified atom stereocenters. The number of carboxylic acid groups (broad SMARTS) is 1. The van der Waals surface area contributed by atoms with Crippen molar-refractivity contribution in [2.45, 2.75) is 55.0 Å². The van der Waals surface area contributed by atoms with Crippen LogP contribution in [-0.2, 0) is 24.3 Å². The van der Waals surface area contributed by atoms with E-state index in [1.165, 1.54) is 60.7 Å². The zero-order chi connectivity index (χ0) is 32.7. The van der Waals surface area contributed by atoms with Crippen molar-refractivity contribution in [3.05, 3.63) is 99.8 Å². The quantitative estimate of drug-likeness (QED) is 0.243. The van der Waals surface area contributed by atoms with Gasteiger partial charge >= 0.3 is 12.1 Å². The minimum atomic E-state index is -5.28. The van der Waals surface area contributed by atoms with Gasteiger partial charge in [0.15, 0.2) is 0 Å². The number of hydrogen-bond acceptors (Lipinski definition) is 5. The number of para-hydroxylation sites is 1. The number of carbonyl (C=O) groups is 2. The number of alkyl halides is 3. The fourth-order valence-electron chi connectivity index (χ4n) is 5.39. The largest absolute Gasteiger partial charge is 0.481 e. The maximum Gasteiger partial charge on any atom is 0.410 e. The Hall–Kier alpha value is -3.39. The van der Waals surface area contributed by atoms with Crippen molar-refractivity contribution in [1.29, 1.82) is 0 Å². The lowest BCUT2D eigenvalue weighted by Crippen LogP contribution is -2.62. The molecule has 1 amide bonds. The summed E-state index contributed by atoms with van der Waals surface area (Å²) in [6, 6.07) is 11.5. The number of carboxylic acids is 1. The number of morpholine rings is 1. The minimum Gasteiger partial charge on any atom is -0.481 e. The maximum atomic E-state index is 15.3. The molecule has 45 heavy (non-hydrogen) atoms. The Morgan fingerprint density at radius 2 is 1.67 bits per heavy atom. The fourth-order valence-corrected chi connectivity index (χ4v) is 7.57. The van der Waals surface area contributed by atoms with Crippen LogP contribution in [0.3, 0.4) is 0 Å². The number of amides is 1. The first-order valence-electron chi connectivity index (χ1n) is 13.7. The number of halogens is 6. The molecule has 5 rings (SSSR count). The van der Waals surface area contributed by atoms with Crippen LogP contribution >= 0.6 is 23.2 Å². The zero-order valence-electron chi connectivity index (χ0n) is 23.2. The van der Waals surface area contributed by atoms with Crippen LogP contribution in [0, 0.1) is 5.82 Å². The summed E-state index contributed by atoms with van der Waals surface area (Å²) in [6.45, 7) is -1.40. The molecule has 2 aliphatic rings. The first kappa shape index (κ1) is 33.0. The van der Waals surface area contributed by atoms with Crippen LogP contribution in [0.25, 0.3) is 0 Å². The third kappa shape index (κ3) is 7.06. The molecule has 8 nitrogen and oxygen atoms in total. The standard InChI is InChI=1S/C30H26Cl2F4N2O6S/c31-19-10-8-17(9-11-19)27-28(18-4-3-5-20(32)14-18)44-24(15-26(39)40)29(41)38(27)25(30(34,35)36)16-37(45(42,43)21-12-13-21)23-7-2-1-6-22(23)33/h1-11,14,21,24-25,27-28H,12-13,15-16H2,(H,39,40). The van der Waals surface area contributed by atoms with Crippen molar-refractivity contribution in [1.82, 2.24) is 4.90 Å². The van der Waals surface area contributed by atoms with Gasteiger partial charge in [-0.05, 0) is 60.4 Å². The van der Waals surface area contributed by atoms with E-state index in [1.807, 2.05) is 0 Å². The second-order valence-electron chi connectivity index (χ2n) is 10.7. The molecule has 0 aromatic heterocycles. The highest BCUT2D eigenvalue weighted by Crippen LogP contribution is 2.47. The van der Waals surface area contributed by atoms with Gasteiger partial charge in [0.1, 0.15) is 24.1 Å². The average Bonchev–Trinajstić information content (AvgIpc) is 3.82. The summed E-state index contributed by atoms with van der Waals surface area (Å²) in [5.41, 5.74) is -0.257. The van der Waals surface area contributed by atoms with Gasteiger partial charge in [0.05, 0.1) is 29.9 Å². The molecule has 1 saturated heterocycles. The summed E-state index contributed by atoms with van der Waals surface area (Å²) >= 11 is 12.3. The van der Waals surface area contributed by atoms with Crippen LogP contribution < -0.4 is 4.31 Å². The fraction of sp³-hybridized carbons (Fsp3) is 0.333. The van der Waals surface area contributed by atoms with Crippen molar-refractivity contribution in [2.24, 2.45) is 0 Å². The van der Waals surface area contributed by atoms with E-state index in [0.717, 1.165) is 12.1 Å². The number of anilines is 1. The molecule has 240 valence electrons.